The summed E-state index contributed by atoms with van der Waals surface area (Å²) < 4.78 is 0. The molecule has 4 N–H and O–H groups in total. The first-order valence-electron chi connectivity index (χ1n) is 5.34. The lowest BCUT2D eigenvalue weighted by atomic mass is 10.2. The molecule has 1 heterocycles. The molecule has 0 radical (unpaired) electrons. The quantitative estimate of drug-likeness (QED) is 0.592. The largest absolute Gasteiger partial charge is 0.395 e. The first-order valence-corrected chi connectivity index (χ1v) is 5.74. The van der Waals surface area contributed by atoms with E-state index < -0.39 is 0 Å². The number of benzene rings is 1. The molecule has 0 aliphatic heterocycles. The number of rotatable bonds is 3. The van der Waals surface area contributed by atoms with Gasteiger partial charge in [-0.15, -0.1) is 0 Å². The maximum atomic E-state index is 11.6. The number of aromatic amines is 1. The van der Waals surface area contributed by atoms with Crippen molar-refractivity contribution in [3.63, 3.8) is 0 Å². The van der Waals surface area contributed by atoms with Crippen molar-refractivity contribution < 1.29 is 5.11 Å². The van der Waals surface area contributed by atoms with Gasteiger partial charge in [0.1, 0.15) is 0 Å². The van der Waals surface area contributed by atoms with Crippen molar-refractivity contribution in [2.75, 3.05) is 18.5 Å². The van der Waals surface area contributed by atoms with E-state index in [4.69, 9.17) is 17.3 Å². The van der Waals surface area contributed by atoms with Crippen LogP contribution < -0.4 is 16.2 Å². The van der Waals surface area contributed by atoms with Crippen LogP contribution in [-0.2, 0) is 0 Å². The molecule has 2 rings (SSSR count). The normalized spacial score (nSPS) is 10.3. The van der Waals surface area contributed by atoms with Crippen LogP contribution in [0.3, 0.4) is 0 Å². The van der Waals surface area contributed by atoms with E-state index >= 15 is 0 Å². The Labute approximate surface area is 108 Å². The number of thiocarbonyl (C=S) groups is 1. The van der Waals surface area contributed by atoms with Gasteiger partial charge < -0.3 is 20.7 Å². The number of aliphatic hydroxyl groups is 1. The lowest BCUT2D eigenvalue weighted by molar-refractivity contribution is 0.301. The second-order valence-corrected chi connectivity index (χ2v) is 3.98. The molecule has 0 unspecified atom stereocenters. The fourth-order valence-electron chi connectivity index (χ4n) is 1.49. The van der Waals surface area contributed by atoms with Crippen LogP contribution in [0, 0.1) is 0 Å². The van der Waals surface area contributed by atoms with Crippen molar-refractivity contribution in [3.8, 4) is 0 Å². The Bertz CT molecular complexity index is 626. The van der Waals surface area contributed by atoms with Gasteiger partial charge in [0, 0.05) is 12.2 Å². The molecule has 1 aromatic heterocycles. The summed E-state index contributed by atoms with van der Waals surface area (Å²) in [4.78, 5) is 18.1. The van der Waals surface area contributed by atoms with E-state index in [1.807, 2.05) is 0 Å². The van der Waals surface area contributed by atoms with E-state index in [2.05, 4.69) is 20.6 Å². The molecule has 0 aliphatic carbocycles. The van der Waals surface area contributed by atoms with E-state index in [9.17, 15) is 4.79 Å². The number of aromatic nitrogens is 2. The van der Waals surface area contributed by atoms with Gasteiger partial charge in [-0.1, -0.05) is 0 Å². The van der Waals surface area contributed by atoms with Crippen molar-refractivity contribution in [2.24, 2.45) is 0 Å². The van der Waals surface area contributed by atoms with Gasteiger partial charge in [0.05, 0.1) is 23.8 Å². The maximum Gasteiger partial charge on any atom is 0.258 e. The Morgan fingerprint density at radius 2 is 2.33 bits per heavy atom. The van der Waals surface area contributed by atoms with Crippen LogP contribution in [0.2, 0.25) is 0 Å². The number of aliphatic hydroxyl groups excluding tert-OH is 1. The van der Waals surface area contributed by atoms with Gasteiger partial charge in [-0.3, -0.25) is 4.79 Å². The number of nitrogens with one attached hydrogen (secondary N) is 3. The SMILES string of the molecule is O=c1[nH]cnc2ccc(NC(=S)NCCO)cc12. The molecule has 18 heavy (non-hydrogen) atoms. The van der Waals surface area contributed by atoms with Crippen LogP contribution in [0.25, 0.3) is 10.9 Å². The monoisotopic (exact) mass is 264 g/mol. The van der Waals surface area contributed by atoms with Crippen LogP contribution in [0.15, 0.2) is 29.3 Å². The average Bonchev–Trinajstić information content (AvgIpc) is 2.37. The smallest absolute Gasteiger partial charge is 0.258 e. The molecule has 0 saturated heterocycles. The van der Waals surface area contributed by atoms with Crippen LogP contribution in [-0.4, -0.2) is 33.3 Å². The van der Waals surface area contributed by atoms with Crippen LogP contribution >= 0.6 is 12.2 Å². The van der Waals surface area contributed by atoms with Gasteiger partial charge in [-0.2, -0.15) is 0 Å². The predicted molar refractivity (Wildman–Crippen MR) is 73.7 cm³/mol. The van der Waals surface area contributed by atoms with Crippen LogP contribution in [0.4, 0.5) is 5.69 Å². The highest BCUT2D eigenvalue weighted by atomic mass is 32.1. The Hall–Kier alpha value is -1.99. The van der Waals surface area contributed by atoms with Crippen LogP contribution in [0.5, 0.6) is 0 Å². The lowest BCUT2D eigenvalue weighted by Gasteiger charge is -2.09. The van der Waals surface area contributed by atoms with E-state index in [1.54, 1.807) is 18.2 Å². The highest BCUT2D eigenvalue weighted by Crippen LogP contribution is 2.13. The van der Waals surface area contributed by atoms with Gasteiger partial charge in [-0.05, 0) is 30.4 Å². The zero-order valence-electron chi connectivity index (χ0n) is 9.43. The molecule has 0 fully saturated rings. The van der Waals surface area contributed by atoms with Crippen molar-refractivity contribution in [1.82, 2.24) is 15.3 Å². The lowest BCUT2D eigenvalue weighted by Crippen LogP contribution is -2.30. The Kier molecular flexibility index (Phi) is 3.85. The average molecular weight is 264 g/mol. The highest BCUT2D eigenvalue weighted by Gasteiger charge is 2.02. The van der Waals surface area contributed by atoms with Crippen LogP contribution in [0.1, 0.15) is 0 Å². The molecule has 0 amide bonds. The fourth-order valence-corrected chi connectivity index (χ4v) is 1.71. The Balaban J connectivity index is 2.22. The summed E-state index contributed by atoms with van der Waals surface area (Å²) in [5.74, 6) is 0. The number of hydrogen-bond donors (Lipinski definition) is 4. The minimum absolute atomic E-state index is 0.00310. The second-order valence-electron chi connectivity index (χ2n) is 3.57. The topological polar surface area (TPSA) is 90.0 Å². The molecule has 0 spiro atoms. The molecule has 94 valence electrons. The molecule has 0 saturated carbocycles. The zero-order chi connectivity index (χ0) is 13.0. The van der Waals surface area contributed by atoms with Gasteiger partial charge in [0.25, 0.3) is 5.56 Å². The number of H-pyrrole nitrogens is 1. The molecule has 7 heteroatoms. The summed E-state index contributed by atoms with van der Waals surface area (Å²) in [7, 11) is 0. The summed E-state index contributed by atoms with van der Waals surface area (Å²) in [5, 5.41) is 15.3. The number of fused-ring (bicyclic) bond motifs is 1. The summed E-state index contributed by atoms with van der Waals surface area (Å²) in [6, 6.07) is 5.19. The summed E-state index contributed by atoms with van der Waals surface area (Å²) in [6.45, 7) is 0.380. The molecular weight excluding hydrogens is 252 g/mol. The van der Waals surface area contributed by atoms with Crippen molar-refractivity contribution in [1.29, 1.82) is 0 Å². The van der Waals surface area contributed by atoms with Gasteiger partial charge in [0.15, 0.2) is 5.11 Å². The molecule has 2 aromatic rings. The third-order valence-electron chi connectivity index (χ3n) is 2.30. The third kappa shape index (κ3) is 2.82. The standard InChI is InChI=1S/C11H12N4O2S/c16-4-3-12-11(18)15-7-1-2-9-8(5-7)10(17)14-6-13-9/h1-2,5-6,16H,3-4H2,(H2,12,15,18)(H,13,14,17). The molecule has 0 atom stereocenters. The summed E-state index contributed by atoms with van der Waals surface area (Å²) in [6.07, 6.45) is 1.37. The van der Waals surface area contributed by atoms with E-state index in [-0.39, 0.29) is 12.2 Å². The van der Waals surface area contributed by atoms with Gasteiger partial charge in [0.2, 0.25) is 0 Å². The van der Waals surface area contributed by atoms with E-state index in [0.29, 0.717) is 28.2 Å². The van der Waals surface area contributed by atoms with Gasteiger partial charge >= 0.3 is 0 Å². The minimum atomic E-state index is -0.196. The van der Waals surface area contributed by atoms with Crippen molar-refractivity contribution >= 4 is 33.9 Å². The van der Waals surface area contributed by atoms with E-state index in [0.717, 1.165) is 0 Å². The molecule has 0 aliphatic rings. The third-order valence-corrected chi connectivity index (χ3v) is 2.54. The number of hydrogen-bond acceptors (Lipinski definition) is 4. The molecular formula is C11H12N4O2S. The summed E-state index contributed by atoms with van der Waals surface area (Å²) >= 11 is 5.02. The first-order chi connectivity index (χ1) is 8.70. The Morgan fingerprint density at radius 3 is 3.11 bits per heavy atom. The molecule has 1 aromatic carbocycles. The molecule has 0 bridgehead atoms. The van der Waals surface area contributed by atoms with Crippen molar-refractivity contribution in [3.05, 3.63) is 34.9 Å². The van der Waals surface area contributed by atoms with E-state index in [1.165, 1.54) is 6.33 Å². The highest BCUT2D eigenvalue weighted by molar-refractivity contribution is 7.80. The predicted octanol–water partition coefficient (Wildman–Crippen LogP) is 0.202. The first kappa shape index (κ1) is 12.5. The fraction of sp³-hybridized carbons (Fsp3) is 0.182. The van der Waals surface area contributed by atoms with Gasteiger partial charge in [-0.25, -0.2) is 4.98 Å². The zero-order valence-corrected chi connectivity index (χ0v) is 10.3. The maximum absolute atomic E-state index is 11.6. The molecule has 6 nitrogen and oxygen atoms in total. The number of nitrogens with zero attached hydrogens (tertiary/aromatic N) is 1. The Morgan fingerprint density at radius 1 is 1.50 bits per heavy atom. The second kappa shape index (κ2) is 5.56. The minimum Gasteiger partial charge on any atom is -0.395 e. The number of anilines is 1. The van der Waals surface area contributed by atoms with Crippen molar-refractivity contribution in [2.45, 2.75) is 0 Å². The summed E-state index contributed by atoms with van der Waals surface area (Å²) in [5.41, 5.74) is 1.12.